The van der Waals surface area contributed by atoms with E-state index in [0.29, 0.717) is 6.04 Å². The fraction of sp³-hybridized carbons (Fsp3) is 0.417. The molecule has 138 valence electrons. The van der Waals surface area contributed by atoms with Gasteiger partial charge in [-0.15, -0.1) is 0 Å². The van der Waals surface area contributed by atoms with Gasteiger partial charge < -0.3 is 5.32 Å². The largest absolute Gasteiger partial charge is 0.307 e. The molecule has 0 aliphatic heterocycles. The van der Waals surface area contributed by atoms with E-state index in [0.717, 1.165) is 26.2 Å². The molecule has 0 fully saturated rings. The van der Waals surface area contributed by atoms with E-state index in [2.05, 4.69) is 91.4 Å². The van der Waals surface area contributed by atoms with Gasteiger partial charge in [0, 0.05) is 12.6 Å². The highest BCUT2D eigenvalue weighted by atomic mass is 15.1. The molecular formula is C24H32N2. The molecule has 26 heavy (non-hydrogen) atoms. The number of hydrogen-bond acceptors (Lipinski definition) is 2. The molecule has 0 saturated carbocycles. The fourth-order valence-electron chi connectivity index (χ4n) is 3.22. The van der Waals surface area contributed by atoms with E-state index in [9.17, 15) is 0 Å². The topological polar surface area (TPSA) is 15.3 Å². The highest BCUT2D eigenvalue weighted by Crippen LogP contribution is 2.23. The van der Waals surface area contributed by atoms with Crippen LogP contribution in [0.1, 0.15) is 45.2 Å². The summed E-state index contributed by atoms with van der Waals surface area (Å²) in [6.07, 6.45) is 6.46. The first kappa shape index (κ1) is 20.2. The Morgan fingerprint density at radius 2 is 1.77 bits per heavy atom. The highest BCUT2D eigenvalue weighted by molar-refractivity contribution is 5.86. The smallest absolute Gasteiger partial charge is 0.0605 e. The number of nitrogens with one attached hydrogen (secondary N) is 1. The Labute approximate surface area is 159 Å². The summed E-state index contributed by atoms with van der Waals surface area (Å²) < 4.78 is 0. The maximum Gasteiger partial charge on any atom is 0.0605 e. The van der Waals surface area contributed by atoms with Crippen LogP contribution >= 0.6 is 0 Å². The van der Waals surface area contributed by atoms with E-state index in [4.69, 9.17) is 0 Å². The molecule has 0 saturated heterocycles. The first-order valence-corrected chi connectivity index (χ1v) is 9.83. The number of allylic oxidation sites excluding steroid dienone is 1. The zero-order valence-corrected chi connectivity index (χ0v) is 16.5. The van der Waals surface area contributed by atoms with Crippen LogP contribution in [-0.4, -0.2) is 31.1 Å². The summed E-state index contributed by atoms with van der Waals surface area (Å²) in [7, 11) is 0. The van der Waals surface area contributed by atoms with Gasteiger partial charge in [-0.05, 0) is 55.3 Å². The SMILES string of the molecule is CCCN(CC#C/C=C/CN[C@H](C)c1cccc2ccccc12)CCC. The van der Waals surface area contributed by atoms with E-state index < -0.39 is 0 Å². The molecule has 0 aliphatic rings. The third kappa shape index (κ3) is 6.33. The van der Waals surface area contributed by atoms with Gasteiger partial charge in [0.2, 0.25) is 0 Å². The third-order valence-electron chi connectivity index (χ3n) is 4.52. The molecule has 1 N–H and O–H groups in total. The first-order chi connectivity index (χ1) is 12.8. The van der Waals surface area contributed by atoms with Crippen molar-refractivity contribution in [2.75, 3.05) is 26.2 Å². The van der Waals surface area contributed by atoms with Gasteiger partial charge in [0.05, 0.1) is 6.54 Å². The minimum Gasteiger partial charge on any atom is -0.307 e. The highest BCUT2D eigenvalue weighted by Gasteiger charge is 2.07. The molecule has 0 aliphatic carbocycles. The Morgan fingerprint density at radius 1 is 1.04 bits per heavy atom. The van der Waals surface area contributed by atoms with E-state index in [1.165, 1.54) is 29.2 Å². The van der Waals surface area contributed by atoms with Crippen LogP contribution < -0.4 is 5.32 Å². The van der Waals surface area contributed by atoms with E-state index in [1.54, 1.807) is 0 Å². The Morgan fingerprint density at radius 3 is 2.54 bits per heavy atom. The monoisotopic (exact) mass is 348 g/mol. The summed E-state index contributed by atoms with van der Waals surface area (Å²) in [5.41, 5.74) is 1.34. The van der Waals surface area contributed by atoms with E-state index >= 15 is 0 Å². The third-order valence-corrected chi connectivity index (χ3v) is 4.52. The van der Waals surface area contributed by atoms with Crippen molar-refractivity contribution in [2.24, 2.45) is 0 Å². The molecule has 2 aromatic rings. The summed E-state index contributed by atoms with van der Waals surface area (Å²) in [5, 5.41) is 6.19. The molecular weight excluding hydrogens is 316 g/mol. The minimum absolute atomic E-state index is 0.309. The molecule has 0 heterocycles. The second kappa shape index (κ2) is 11.5. The van der Waals surface area contributed by atoms with Crippen LogP contribution in [0.2, 0.25) is 0 Å². The second-order valence-corrected chi connectivity index (χ2v) is 6.70. The van der Waals surface area contributed by atoms with Gasteiger partial charge >= 0.3 is 0 Å². The zero-order chi connectivity index (χ0) is 18.6. The molecule has 1 atom stereocenters. The average Bonchev–Trinajstić information content (AvgIpc) is 2.67. The molecule has 0 radical (unpaired) electrons. The lowest BCUT2D eigenvalue weighted by Gasteiger charge is -2.17. The Bertz CT molecular complexity index is 740. The summed E-state index contributed by atoms with van der Waals surface area (Å²) in [4.78, 5) is 2.42. The van der Waals surface area contributed by atoms with Gasteiger partial charge in [-0.1, -0.05) is 74.2 Å². The second-order valence-electron chi connectivity index (χ2n) is 6.70. The summed E-state index contributed by atoms with van der Waals surface area (Å²) >= 11 is 0. The molecule has 0 spiro atoms. The van der Waals surface area contributed by atoms with Gasteiger partial charge in [-0.2, -0.15) is 0 Å². The van der Waals surface area contributed by atoms with Gasteiger partial charge in [0.15, 0.2) is 0 Å². The molecule has 2 aromatic carbocycles. The number of benzene rings is 2. The van der Waals surface area contributed by atoms with Crippen LogP contribution in [0, 0.1) is 11.8 Å². The van der Waals surface area contributed by atoms with Crippen LogP contribution in [0.4, 0.5) is 0 Å². The molecule has 0 unspecified atom stereocenters. The lowest BCUT2D eigenvalue weighted by atomic mass is 10.00. The van der Waals surface area contributed by atoms with E-state index in [-0.39, 0.29) is 0 Å². The Kier molecular flexibility index (Phi) is 8.96. The maximum atomic E-state index is 3.57. The predicted molar refractivity (Wildman–Crippen MR) is 114 cm³/mol. The summed E-state index contributed by atoms with van der Waals surface area (Å²) in [6, 6.07) is 15.4. The Hall–Kier alpha value is -2.08. The maximum absolute atomic E-state index is 3.57. The van der Waals surface area contributed by atoms with Gasteiger partial charge in [0.1, 0.15) is 0 Å². The van der Waals surface area contributed by atoms with Crippen LogP contribution in [0.3, 0.4) is 0 Å². The minimum atomic E-state index is 0.309. The van der Waals surface area contributed by atoms with Crippen molar-refractivity contribution < 1.29 is 0 Å². The van der Waals surface area contributed by atoms with Crippen molar-refractivity contribution in [1.82, 2.24) is 10.2 Å². The van der Waals surface area contributed by atoms with Crippen molar-refractivity contribution in [3.8, 4) is 11.8 Å². The molecule has 2 heteroatoms. The predicted octanol–water partition coefficient (Wildman–Crippen LogP) is 5.17. The lowest BCUT2D eigenvalue weighted by molar-refractivity contribution is 0.308. The molecule has 0 bridgehead atoms. The van der Waals surface area contributed by atoms with Gasteiger partial charge in [0.25, 0.3) is 0 Å². The molecule has 0 aromatic heterocycles. The standard InChI is InChI=1S/C24H32N2/c1-4-18-26(19-5-2)20-11-7-6-10-17-25-21(3)23-16-12-14-22-13-8-9-15-24(22)23/h6,8-10,12-16,21,25H,4-5,17-20H2,1-3H3/b10-6+/t21-/m1/s1. The first-order valence-electron chi connectivity index (χ1n) is 9.83. The Balaban J connectivity index is 1.82. The van der Waals surface area contributed by atoms with Crippen LogP contribution in [0.25, 0.3) is 10.8 Å². The molecule has 2 nitrogen and oxygen atoms in total. The molecule has 0 amide bonds. The van der Waals surface area contributed by atoms with E-state index in [1.807, 2.05) is 6.08 Å². The van der Waals surface area contributed by atoms with Crippen LogP contribution in [-0.2, 0) is 0 Å². The van der Waals surface area contributed by atoms with Crippen molar-refractivity contribution in [3.05, 3.63) is 60.2 Å². The fourth-order valence-corrected chi connectivity index (χ4v) is 3.22. The zero-order valence-electron chi connectivity index (χ0n) is 16.5. The average molecular weight is 349 g/mol. The van der Waals surface area contributed by atoms with Crippen LogP contribution in [0.15, 0.2) is 54.6 Å². The lowest BCUT2D eigenvalue weighted by Crippen LogP contribution is -2.25. The number of rotatable bonds is 9. The van der Waals surface area contributed by atoms with Gasteiger partial charge in [-0.25, -0.2) is 0 Å². The van der Waals surface area contributed by atoms with Crippen molar-refractivity contribution in [2.45, 2.75) is 39.7 Å². The summed E-state index contributed by atoms with van der Waals surface area (Å²) in [5.74, 6) is 6.42. The quantitative estimate of drug-likeness (QED) is 0.629. The van der Waals surface area contributed by atoms with Crippen molar-refractivity contribution >= 4 is 10.8 Å². The molecule has 2 rings (SSSR count). The van der Waals surface area contributed by atoms with Crippen molar-refractivity contribution in [1.29, 1.82) is 0 Å². The van der Waals surface area contributed by atoms with Gasteiger partial charge in [-0.3, -0.25) is 4.90 Å². The summed E-state index contributed by atoms with van der Waals surface area (Å²) in [6.45, 7) is 10.6. The van der Waals surface area contributed by atoms with Crippen LogP contribution in [0.5, 0.6) is 0 Å². The number of hydrogen-bond donors (Lipinski definition) is 1. The number of nitrogens with zero attached hydrogens (tertiary/aromatic N) is 1. The normalized spacial score (nSPS) is 12.5. The number of fused-ring (bicyclic) bond motifs is 1. The van der Waals surface area contributed by atoms with Crippen molar-refractivity contribution in [3.63, 3.8) is 0 Å².